The number of sulfonamides is 1. The third kappa shape index (κ3) is 7.24. The van der Waals surface area contributed by atoms with Crippen molar-refractivity contribution in [3.05, 3.63) is 53.1 Å². The maximum Gasteiger partial charge on any atom is 0.261 e. The number of benzene rings is 2. The van der Waals surface area contributed by atoms with E-state index in [0.717, 1.165) is 29.5 Å². The molecule has 0 aromatic heterocycles. The number of hydrogen-bond acceptors (Lipinski definition) is 3. The minimum atomic E-state index is -3.77. The van der Waals surface area contributed by atoms with Gasteiger partial charge in [-0.15, -0.1) is 0 Å². The molecule has 0 aliphatic rings. The van der Waals surface area contributed by atoms with Crippen LogP contribution in [0.1, 0.15) is 98.8 Å². The highest BCUT2D eigenvalue weighted by Crippen LogP contribution is 2.48. The number of phenolic OH excluding ortho intramolecular Hbond substituents is 1. The Morgan fingerprint density at radius 3 is 1.47 bits per heavy atom. The molecule has 0 amide bonds. The third-order valence-corrected chi connectivity index (χ3v) is 7.49. The fourth-order valence-electron chi connectivity index (χ4n) is 5.50. The number of phenols is 1. The van der Waals surface area contributed by atoms with E-state index in [1.165, 1.54) is 0 Å². The lowest BCUT2D eigenvalue weighted by molar-refractivity contribution is 0.268. The second-order valence-electron chi connectivity index (χ2n) is 13.6. The van der Waals surface area contributed by atoms with Gasteiger partial charge in [0.05, 0.1) is 4.90 Å². The lowest BCUT2D eigenvalue weighted by Crippen LogP contribution is -2.28. The smallest absolute Gasteiger partial charge is 0.261 e. The second kappa shape index (κ2) is 9.22. The summed E-state index contributed by atoms with van der Waals surface area (Å²) < 4.78 is 29.2. The van der Waals surface area contributed by atoms with E-state index in [9.17, 15) is 13.5 Å². The summed E-state index contributed by atoms with van der Waals surface area (Å²) in [5.74, 6) is 0.266. The molecule has 2 rings (SSSR count). The van der Waals surface area contributed by atoms with Crippen molar-refractivity contribution >= 4 is 15.7 Å². The van der Waals surface area contributed by atoms with E-state index >= 15 is 0 Å². The summed E-state index contributed by atoms with van der Waals surface area (Å²) in [5, 5.41) is 11.5. The van der Waals surface area contributed by atoms with Crippen LogP contribution < -0.4 is 4.72 Å². The molecule has 0 heterocycles. The predicted octanol–water partition coefficient (Wildman–Crippen LogP) is 7.93. The second-order valence-corrected chi connectivity index (χ2v) is 15.3. The Morgan fingerprint density at radius 1 is 0.735 bits per heavy atom. The first kappa shape index (κ1) is 28.2. The first-order chi connectivity index (χ1) is 15.1. The van der Waals surface area contributed by atoms with Crippen molar-refractivity contribution in [3.8, 4) is 5.75 Å². The Balaban J connectivity index is 2.70. The Kier molecular flexibility index (Phi) is 7.65. The van der Waals surface area contributed by atoms with Crippen LogP contribution in [0, 0.1) is 17.8 Å². The fraction of sp³-hybridized carbons (Fsp3) is 0.586. The van der Waals surface area contributed by atoms with E-state index in [2.05, 4.69) is 74.0 Å². The molecule has 0 aliphatic carbocycles. The number of rotatable bonds is 7. The van der Waals surface area contributed by atoms with Crippen molar-refractivity contribution in [3.63, 3.8) is 0 Å². The molecule has 2 N–H and O–H groups in total. The lowest BCUT2D eigenvalue weighted by atomic mass is 9.68. The van der Waals surface area contributed by atoms with Crippen LogP contribution in [-0.4, -0.2) is 13.5 Å². The van der Waals surface area contributed by atoms with Crippen molar-refractivity contribution in [1.29, 1.82) is 0 Å². The van der Waals surface area contributed by atoms with E-state index in [4.69, 9.17) is 0 Å². The van der Waals surface area contributed by atoms with Crippen molar-refractivity contribution < 1.29 is 13.5 Å². The summed E-state index contributed by atoms with van der Waals surface area (Å²) in [6.07, 6.45) is 1.67. The minimum absolute atomic E-state index is 0.0361. The molecular weight excluding hydrogens is 442 g/mol. The zero-order chi connectivity index (χ0) is 26.3. The molecule has 2 aromatic rings. The standard InChI is InChI=1S/C29H45NO3S/c1-20-12-14-22(15-13-20)34(32,33)30-21-16-23(28(8,9)18-26(2,3)4)25(31)24(17-21)29(10,11)19-27(5,6)7/h12-17,30-31H,18-19H2,1-11H3. The van der Waals surface area contributed by atoms with Gasteiger partial charge in [0.2, 0.25) is 0 Å². The zero-order valence-corrected chi connectivity index (χ0v) is 23.9. The number of aromatic hydroxyl groups is 1. The first-order valence-electron chi connectivity index (χ1n) is 12.1. The van der Waals surface area contributed by atoms with E-state index in [-0.39, 0.29) is 32.3 Å². The molecule has 34 heavy (non-hydrogen) atoms. The van der Waals surface area contributed by atoms with E-state index in [1.807, 2.05) is 19.1 Å². The van der Waals surface area contributed by atoms with Crippen LogP contribution in [0.4, 0.5) is 5.69 Å². The maximum absolute atomic E-state index is 13.2. The molecule has 0 fully saturated rings. The van der Waals surface area contributed by atoms with Gasteiger partial charge in [-0.05, 0) is 65.7 Å². The Bertz CT molecular complexity index is 1060. The van der Waals surface area contributed by atoms with Crippen molar-refractivity contribution in [1.82, 2.24) is 0 Å². The number of anilines is 1. The van der Waals surface area contributed by atoms with Crippen LogP contribution in [0.25, 0.3) is 0 Å². The highest BCUT2D eigenvalue weighted by Gasteiger charge is 2.36. The zero-order valence-electron chi connectivity index (χ0n) is 23.1. The lowest BCUT2D eigenvalue weighted by Gasteiger charge is -2.37. The van der Waals surface area contributed by atoms with Gasteiger partial charge in [0.25, 0.3) is 10.0 Å². The van der Waals surface area contributed by atoms with Gasteiger partial charge < -0.3 is 5.11 Å². The van der Waals surface area contributed by atoms with Gasteiger partial charge in [-0.3, -0.25) is 4.72 Å². The molecule has 0 radical (unpaired) electrons. The number of hydrogen-bond donors (Lipinski definition) is 2. The summed E-state index contributed by atoms with van der Waals surface area (Å²) in [5.41, 5.74) is 2.36. The first-order valence-corrected chi connectivity index (χ1v) is 13.6. The maximum atomic E-state index is 13.2. The monoisotopic (exact) mass is 487 g/mol. The molecule has 190 valence electrons. The van der Waals surface area contributed by atoms with Crippen LogP contribution in [0.15, 0.2) is 41.3 Å². The quantitative estimate of drug-likeness (QED) is 0.390. The van der Waals surface area contributed by atoms with Crippen molar-refractivity contribution in [2.75, 3.05) is 4.72 Å². The van der Waals surface area contributed by atoms with Crippen LogP contribution in [0.2, 0.25) is 0 Å². The molecule has 0 saturated heterocycles. The van der Waals surface area contributed by atoms with Crippen molar-refractivity contribution in [2.24, 2.45) is 10.8 Å². The molecule has 0 atom stereocenters. The molecule has 0 aliphatic heterocycles. The molecule has 2 aromatic carbocycles. The molecule has 5 heteroatoms. The molecule has 0 saturated carbocycles. The van der Waals surface area contributed by atoms with E-state index in [1.54, 1.807) is 24.3 Å². The Hall–Kier alpha value is -2.01. The summed E-state index contributed by atoms with van der Waals surface area (Å²) >= 11 is 0. The third-order valence-electron chi connectivity index (χ3n) is 6.10. The van der Waals surface area contributed by atoms with Crippen molar-refractivity contribution in [2.45, 2.75) is 105 Å². The summed E-state index contributed by atoms with van der Waals surface area (Å²) in [6, 6.07) is 10.4. The van der Waals surface area contributed by atoms with E-state index in [0.29, 0.717) is 5.69 Å². The molecule has 0 bridgehead atoms. The fourth-order valence-corrected chi connectivity index (χ4v) is 6.54. The van der Waals surface area contributed by atoms with Gasteiger partial charge in [-0.1, -0.05) is 86.9 Å². The normalized spacial score (nSPS) is 13.7. The summed E-state index contributed by atoms with van der Waals surface area (Å²) in [7, 11) is -3.77. The summed E-state index contributed by atoms with van der Waals surface area (Å²) in [6.45, 7) is 23.5. The molecule has 0 spiro atoms. The Morgan fingerprint density at radius 2 is 1.12 bits per heavy atom. The Labute approximate surface area is 208 Å². The number of nitrogens with one attached hydrogen (secondary N) is 1. The largest absolute Gasteiger partial charge is 0.507 e. The topological polar surface area (TPSA) is 66.4 Å². The van der Waals surface area contributed by atoms with Gasteiger partial charge in [-0.2, -0.15) is 0 Å². The number of aryl methyl sites for hydroxylation is 1. The average Bonchev–Trinajstić information content (AvgIpc) is 2.58. The van der Waals surface area contributed by atoms with Gasteiger partial charge in [0.15, 0.2) is 0 Å². The highest BCUT2D eigenvalue weighted by molar-refractivity contribution is 7.92. The minimum Gasteiger partial charge on any atom is -0.507 e. The highest BCUT2D eigenvalue weighted by atomic mass is 32.2. The van der Waals surface area contributed by atoms with Crippen LogP contribution in [-0.2, 0) is 20.9 Å². The van der Waals surface area contributed by atoms with Crippen LogP contribution in [0.3, 0.4) is 0 Å². The summed E-state index contributed by atoms with van der Waals surface area (Å²) in [4.78, 5) is 0.220. The molecule has 0 unspecified atom stereocenters. The van der Waals surface area contributed by atoms with Gasteiger partial charge >= 0.3 is 0 Å². The van der Waals surface area contributed by atoms with Gasteiger partial charge in [-0.25, -0.2) is 8.42 Å². The SMILES string of the molecule is Cc1ccc(S(=O)(=O)Nc2cc(C(C)(C)CC(C)(C)C)c(O)c(C(C)(C)CC(C)(C)C)c2)cc1. The molecular formula is C29H45NO3S. The average molecular weight is 488 g/mol. The van der Waals surface area contributed by atoms with Gasteiger partial charge in [0, 0.05) is 16.8 Å². The molecule has 4 nitrogen and oxygen atoms in total. The van der Waals surface area contributed by atoms with Crippen LogP contribution in [0.5, 0.6) is 5.75 Å². The van der Waals surface area contributed by atoms with Gasteiger partial charge in [0.1, 0.15) is 5.75 Å². The van der Waals surface area contributed by atoms with E-state index < -0.39 is 10.0 Å². The predicted molar refractivity (Wildman–Crippen MR) is 144 cm³/mol. The van der Waals surface area contributed by atoms with Crippen LogP contribution >= 0.6 is 0 Å².